The van der Waals surface area contributed by atoms with Crippen LogP contribution >= 0.6 is 0 Å². The average molecular weight is 349 g/mol. The van der Waals surface area contributed by atoms with Crippen LogP contribution in [0.1, 0.15) is 19.3 Å². The Labute approximate surface area is 143 Å². The maximum absolute atomic E-state index is 13.4. The van der Waals surface area contributed by atoms with Crippen molar-refractivity contribution in [2.24, 2.45) is 7.05 Å². The Morgan fingerprint density at radius 2 is 1.88 bits per heavy atom. The summed E-state index contributed by atoms with van der Waals surface area (Å²) in [7, 11) is 1.89. The van der Waals surface area contributed by atoms with Gasteiger partial charge in [0, 0.05) is 30.9 Å². The Morgan fingerprint density at radius 1 is 1.12 bits per heavy atom. The summed E-state index contributed by atoms with van der Waals surface area (Å²) in [6.07, 6.45) is 3.55. The molecular formula is C18H20F3N4+. The van der Waals surface area contributed by atoms with Crippen LogP contribution in [0.5, 0.6) is 0 Å². The van der Waals surface area contributed by atoms with Gasteiger partial charge in [0.05, 0.1) is 30.2 Å². The van der Waals surface area contributed by atoms with Crippen molar-refractivity contribution in [3.63, 3.8) is 0 Å². The highest BCUT2D eigenvalue weighted by atomic mass is 19.4. The van der Waals surface area contributed by atoms with Crippen molar-refractivity contribution in [3.8, 4) is 0 Å². The topological polar surface area (TPSA) is 30.7 Å². The lowest BCUT2D eigenvalue weighted by atomic mass is 10.0. The lowest BCUT2D eigenvalue weighted by Crippen LogP contribution is -2.57. The van der Waals surface area contributed by atoms with Crippen LogP contribution in [0.2, 0.25) is 0 Å². The SMILES string of the molecule is Cn1ccc2c3c([N+]4(CC(F)(F)F)CCCCC4)ccnc3cnc21. The van der Waals surface area contributed by atoms with Crippen LogP contribution in [0.15, 0.2) is 30.7 Å². The zero-order valence-corrected chi connectivity index (χ0v) is 14.1. The van der Waals surface area contributed by atoms with Gasteiger partial charge in [-0.25, -0.2) is 4.98 Å². The van der Waals surface area contributed by atoms with Crippen molar-refractivity contribution in [2.75, 3.05) is 19.6 Å². The van der Waals surface area contributed by atoms with Gasteiger partial charge in [0.15, 0.2) is 6.54 Å². The average Bonchev–Trinajstić information content (AvgIpc) is 2.95. The molecule has 4 heterocycles. The van der Waals surface area contributed by atoms with E-state index in [0.29, 0.717) is 18.6 Å². The smallest absolute Gasteiger partial charge is 0.336 e. The summed E-state index contributed by atoms with van der Waals surface area (Å²) in [5, 5.41) is 1.67. The third-order valence-electron chi connectivity index (χ3n) is 5.24. The van der Waals surface area contributed by atoms with Gasteiger partial charge >= 0.3 is 6.18 Å². The van der Waals surface area contributed by atoms with E-state index in [4.69, 9.17) is 0 Å². The summed E-state index contributed by atoms with van der Waals surface area (Å²) < 4.78 is 42.2. The summed E-state index contributed by atoms with van der Waals surface area (Å²) in [6, 6.07) is 3.69. The van der Waals surface area contributed by atoms with Crippen LogP contribution < -0.4 is 4.48 Å². The number of alkyl halides is 3. The molecule has 0 amide bonds. The number of quaternary nitrogens is 1. The summed E-state index contributed by atoms with van der Waals surface area (Å²) >= 11 is 0. The Morgan fingerprint density at radius 3 is 2.60 bits per heavy atom. The fourth-order valence-corrected chi connectivity index (χ4v) is 4.18. The highest BCUT2D eigenvalue weighted by molar-refractivity contribution is 6.09. The van der Waals surface area contributed by atoms with Gasteiger partial charge in [0.1, 0.15) is 11.3 Å². The zero-order chi connectivity index (χ0) is 17.7. The first-order valence-electron chi connectivity index (χ1n) is 8.52. The first kappa shape index (κ1) is 16.3. The van der Waals surface area contributed by atoms with E-state index in [9.17, 15) is 13.2 Å². The van der Waals surface area contributed by atoms with Crippen molar-refractivity contribution in [1.82, 2.24) is 19.0 Å². The lowest BCUT2D eigenvalue weighted by Gasteiger charge is -2.41. The number of aromatic nitrogens is 3. The van der Waals surface area contributed by atoms with Crippen molar-refractivity contribution in [2.45, 2.75) is 25.4 Å². The highest BCUT2D eigenvalue weighted by Crippen LogP contribution is 2.39. The molecule has 0 spiro atoms. The lowest BCUT2D eigenvalue weighted by molar-refractivity contribution is -0.145. The van der Waals surface area contributed by atoms with Gasteiger partial charge in [0.2, 0.25) is 0 Å². The predicted molar refractivity (Wildman–Crippen MR) is 92.3 cm³/mol. The molecule has 0 aromatic carbocycles. The normalized spacial score (nSPS) is 18.1. The maximum atomic E-state index is 13.4. The Hall–Kier alpha value is -2.15. The number of piperidine rings is 1. The molecule has 4 nitrogen and oxygen atoms in total. The number of pyridine rings is 2. The van der Waals surface area contributed by atoms with Crippen LogP contribution in [0.25, 0.3) is 21.9 Å². The van der Waals surface area contributed by atoms with E-state index < -0.39 is 12.7 Å². The van der Waals surface area contributed by atoms with Gasteiger partial charge in [-0.1, -0.05) is 0 Å². The first-order valence-corrected chi connectivity index (χ1v) is 8.52. The highest BCUT2D eigenvalue weighted by Gasteiger charge is 2.45. The van der Waals surface area contributed by atoms with E-state index in [1.54, 1.807) is 18.5 Å². The number of hydrogen-bond acceptors (Lipinski definition) is 2. The monoisotopic (exact) mass is 349 g/mol. The van der Waals surface area contributed by atoms with Crippen LogP contribution in [-0.2, 0) is 7.05 Å². The number of halogens is 3. The minimum Gasteiger partial charge on any atom is -0.336 e. The van der Waals surface area contributed by atoms with Crippen molar-refractivity contribution in [1.29, 1.82) is 0 Å². The van der Waals surface area contributed by atoms with Gasteiger partial charge in [-0.2, -0.15) is 13.2 Å². The largest absolute Gasteiger partial charge is 0.438 e. The number of nitrogens with zero attached hydrogens (tertiary/aromatic N) is 4. The Balaban J connectivity index is 2.01. The molecule has 1 aliphatic heterocycles. The van der Waals surface area contributed by atoms with Crippen LogP contribution in [-0.4, -0.2) is 40.3 Å². The third kappa shape index (κ3) is 2.76. The van der Waals surface area contributed by atoms with Gasteiger partial charge in [-0.15, -0.1) is 0 Å². The van der Waals surface area contributed by atoms with E-state index in [0.717, 1.165) is 41.4 Å². The molecule has 1 saturated heterocycles. The second-order valence-corrected chi connectivity index (χ2v) is 6.94. The van der Waals surface area contributed by atoms with Gasteiger partial charge < -0.3 is 4.57 Å². The number of aryl methyl sites for hydroxylation is 1. The van der Waals surface area contributed by atoms with E-state index in [1.807, 2.05) is 23.9 Å². The minimum atomic E-state index is -4.21. The number of likely N-dealkylation sites (tertiary alicyclic amines) is 1. The van der Waals surface area contributed by atoms with Gasteiger partial charge in [-0.3, -0.25) is 9.47 Å². The van der Waals surface area contributed by atoms with Crippen molar-refractivity contribution >= 4 is 27.6 Å². The quantitative estimate of drug-likeness (QED) is 0.650. The Kier molecular flexibility index (Phi) is 3.72. The molecular weight excluding hydrogens is 329 g/mol. The molecule has 1 fully saturated rings. The summed E-state index contributed by atoms with van der Waals surface area (Å²) in [5.41, 5.74) is 2.14. The Bertz CT molecular complexity index is 923. The standard InChI is InChI=1S/C18H20F3N4/c1-24-8-6-13-16-14(11-23-17(13)24)22-7-5-15(16)25(12-18(19,20)21)9-3-2-4-10-25/h5-8,11H,2-4,9-10,12H2,1H3/q+1. The second kappa shape index (κ2) is 5.69. The van der Waals surface area contributed by atoms with Gasteiger partial charge in [0.25, 0.3) is 0 Å². The second-order valence-electron chi connectivity index (χ2n) is 6.94. The van der Waals surface area contributed by atoms with Crippen LogP contribution in [0.4, 0.5) is 18.9 Å². The fourth-order valence-electron chi connectivity index (χ4n) is 4.18. The molecule has 0 aliphatic carbocycles. The molecule has 0 saturated carbocycles. The molecule has 0 bridgehead atoms. The molecule has 0 N–H and O–H groups in total. The molecule has 0 radical (unpaired) electrons. The molecule has 7 heteroatoms. The molecule has 0 atom stereocenters. The van der Waals surface area contributed by atoms with Crippen molar-refractivity contribution < 1.29 is 13.2 Å². The van der Waals surface area contributed by atoms with Crippen molar-refractivity contribution in [3.05, 3.63) is 30.7 Å². The fraction of sp³-hybridized carbons (Fsp3) is 0.444. The minimum absolute atomic E-state index is 0.0451. The van der Waals surface area contributed by atoms with Gasteiger partial charge in [-0.05, 0) is 25.3 Å². The number of fused-ring (bicyclic) bond motifs is 3. The third-order valence-corrected chi connectivity index (χ3v) is 5.24. The predicted octanol–water partition coefficient (Wildman–Crippen LogP) is 4.18. The van der Waals surface area contributed by atoms with E-state index in [2.05, 4.69) is 9.97 Å². The van der Waals surface area contributed by atoms with E-state index in [1.165, 1.54) is 0 Å². The first-order chi connectivity index (χ1) is 11.9. The molecule has 25 heavy (non-hydrogen) atoms. The number of rotatable bonds is 2. The van der Waals surface area contributed by atoms with Crippen LogP contribution in [0, 0.1) is 0 Å². The van der Waals surface area contributed by atoms with E-state index >= 15 is 0 Å². The molecule has 0 unspecified atom stereocenters. The molecule has 132 valence electrons. The van der Waals surface area contributed by atoms with Crippen LogP contribution in [0.3, 0.4) is 0 Å². The molecule has 4 rings (SSSR count). The summed E-state index contributed by atoms with van der Waals surface area (Å²) in [5.74, 6) is 0. The van der Waals surface area contributed by atoms with E-state index in [-0.39, 0.29) is 4.48 Å². The number of hydrogen-bond donors (Lipinski definition) is 0. The molecule has 1 aliphatic rings. The molecule has 3 aromatic rings. The molecule has 3 aromatic heterocycles. The zero-order valence-electron chi connectivity index (χ0n) is 14.1. The summed E-state index contributed by atoms with van der Waals surface area (Å²) in [6.45, 7) is 0.188. The summed E-state index contributed by atoms with van der Waals surface area (Å²) in [4.78, 5) is 8.78. The maximum Gasteiger partial charge on any atom is 0.438 e.